The van der Waals surface area contributed by atoms with Gasteiger partial charge in [0.15, 0.2) is 0 Å². The number of aromatic nitrogens is 1. The van der Waals surface area contributed by atoms with Crippen LogP contribution in [0.2, 0.25) is 5.02 Å². The number of benzene rings is 1. The maximum atomic E-state index is 10.7. The Morgan fingerprint density at radius 2 is 2.19 bits per heavy atom. The predicted octanol–water partition coefficient (Wildman–Crippen LogP) is 3.82. The fourth-order valence-electron chi connectivity index (χ4n) is 2.22. The van der Waals surface area contributed by atoms with E-state index in [-0.39, 0.29) is 12.1 Å². The largest absolute Gasteiger partial charge is 0.481 e. The van der Waals surface area contributed by atoms with E-state index in [1.165, 1.54) is 0 Å². The molecule has 26 heavy (non-hydrogen) atoms. The van der Waals surface area contributed by atoms with Crippen LogP contribution in [0.4, 0.5) is 5.69 Å². The Labute approximate surface area is 157 Å². The number of rotatable bonds is 9. The van der Waals surface area contributed by atoms with Crippen LogP contribution in [-0.4, -0.2) is 28.3 Å². The summed E-state index contributed by atoms with van der Waals surface area (Å²) in [6.45, 7) is 2.38. The molecule has 0 unspecified atom stereocenters. The van der Waals surface area contributed by atoms with E-state index in [2.05, 4.69) is 15.6 Å². The molecule has 0 bridgehead atoms. The molecule has 2 rings (SSSR count). The highest BCUT2D eigenvalue weighted by Gasteiger charge is 2.05. The summed E-state index contributed by atoms with van der Waals surface area (Å²) in [6, 6.07) is 9.13. The van der Waals surface area contributed by atoms with Crippen LogP contribution >= 0.6 is 11.6 Å². The summed E-state index contributed by atoms with van der Waals surface area (Å²) in [5.74, 6) is -0.229. The number of aryl methyl sites for hydroxylation is 1. The minimum atomic E-state index is -0.832. The van der Waals surface area contributed by atoms with Crippen LogP contribution in [0.15, 0.2) is 54.6 Å². The minimum absolute atomic E-state index is 0.0837. The van der Waals surface area contributed by atoms with E-state index in [1.54, 1.807) is 36.7 Å². The van der Waals surface area contributed by atoms with E-state index < -0.39 is 5.97 Å². The topological polar surface area (TPSA) is 98.1 Å². The van der Waals surface area contributed by atoms with E-state index in [0.717, 1.165) is 11.3 Å². The molecule has 2 aromatic rings. The number of nitrogens with zero attached hydrogens (tertiary/aromatic N) is 1. The fraction of sp³-hybridized carbons (Fsp3) is 0.211. The van der Waals surface area contributed by atoms with Gasteiger partial charge in [0.05, 0.1) is 5.71 Å². The van der Waals surface area contributed by atoms with Crippen LogP contribution in [-0.2, 0) is 4.79 Å². The molecule has 0 aliphatic carbocycles. The highest BCUT2D eigenvalue weighted by atomic mass is 35.5. The second kappa shape index (κ2) is 9.58. The van der Waals surface area contributed by atoms with Crippen molar-refractivity contribution in [1.29, 1.82) is 5.41 Å². The molecule has 0 aliphatic heterocycles. The highest BCUT2D eigenvalue weighted by Crippen LogP contribution is 2.20. The standard InChI is InChI=1S/C19H21ClN4O2/c1-13-10-15(6-7-16(13)20)24-18(23-9-3-5-19(25)26)11-17(21)14-4-2-8-22-12-14/h2,4,6-8,10-12,21,23-24H,3,5,9H2,1H3,(H,25,26)/b18-11-,21-17?. The number of allylic oxidation sites excluding steroid dienone is 1. The summed E-state index contributed by atoms with van der Waals surface area (Å²) in [4.78, 5) is 14.7. The third kappa shape index (κ3) is 6.22. The van der Waals surface area contributed by atoms with E-state index >= 15 is 0 Å². The van der Waals surface area contributed by atoms with E-state index in [9.17, 15) is 4.79 Å². The first kappa shape index (κ1) is 19.5. The third-order valence-corrected chi connectivity index (χ3v) is 4.01. The summed E-state index contributed by atoms with van der Waals surface area (Å²) < 4.78 is 0. The van der Waals surface area contributed by atoms with Crippen LogP contribution in [0.5, 0.6) is 0 Å². The summed E-state index contributed by atoms with van der Waals surface area (Å²) in [6.07, 6.45) is 5.49. The summed E-state index contributed by atoms with van der Waals surface area (Å²) in [5.41, 5.74) is 2.73. The zero-order chi connectivity index (χ0) is 18.9. The van der Waals surface area contributed by atoms with Gasteiger partial charge in [-0.15, -0.1) is 0 Å². The van der Waals surface area contributed by atoms with Crippen LogP contribution < -0.4 is 10.6 Å². The van der Waals surface area contributed by atoms with Crippen LogP contribution in [0.25, 0.3) is 0 Å². The number of anilines is 1. The monoisotopic (exact) mass is 372 g/mol. The van der Waals surface area contributed by atoms with Gasteiger partial charge >= 0.3 is 5.97 Å². The molecule has 0 radical (unpaired) electrons. The van der Waals surface area contributed by atoms with E-state index in [4.69, 9.17) is 22.1 Å². The molecule has 0 fully saturated rings. The van der Waals surface area contributed by atoms with Gasteiger partial charge in [0, 0.05) is 47.7 Å². The molecule has 0 aliphatic rings. The summed E-state index contributed by atoms with van der Waals surface area (Å²) >= 11 is 6.06. The smallest absolute Gasteiger partial charge is 0.303 e. The lowest BCUT2D eigenvalue weighted by Crippen LogP contribution is -2.22. The first-order valence-electron chi connectivity index (χ1n) is 8.15. The Kier molecular flexibility index (Phi) is 7.17. The Hall–Kier alpha value is -2.86. The molecule has 1 heterocycles. The van der Waals surface area contributed by atoms with Gasteiger partial charge in [-0.25, -0.2) is 0 Å². The van der Waals surface area contributed by atoms with Crippen molar-refractivity contribution in [3.8, 4) is 0 Å². The first-order valence-corrected chi connectivity index (χ1v) is 8.53. The minimum Gasteiger partial charge on any atom is -0.481 e. The molecule has 6 nitrogen and oxygen atoms in total. The second-order valence-corrected chi connectivity index (χ2v) is 6.13. The molecule has 4 N–H and O–H groups in total. The summed E-state index contributed by atoms with van der Waals surface area (Å²) in [7, 11) is 0. The Bertz CT molecular complexity index is 806. The molecule has 136 valence electrons. The van der Waals surface area contributed by atoms with Gasteiger partial charge in [-0.1, -0.05) is 11.6 Å². The average Bonchev–Trinajstić information content (AvgIpc) is 2.62. The van der Waals surface area contributed by atoms with Gasteiger partial charge in [0.2, 0.25) is 0 Å². The number of nitrogens with one attached hydrogen (secondary N) is 3. The van der Waals surface area contributed by atoms with Crippen molar-refractivity contribution in [3.63, 3.8) is 0 Å². The van der Waals surface area contributed by atoms with Crippen molar-refractivity contribution in [3.05, 3.63) is 70.8 Å². The highest BCUT2D eigenvalue weighted by molar-refractivity contribution is 6.31. The van der Waals surface area contributed by atoms with Crippen molar-refractivity contribution in [2.45, 2.75) is 19.8 Å². The van der Waals surface area contributed by atoms with Crippen molar-refractivity contribution >= 4 is 29.0 Å². The third-order valence-electron chi connectivity index (χ3n) is 3.58. The maximum absolute atomic E-state index is 10.7. The number of halogens is 1. The molecule has 0 saturated carbocycles. The molecular formula is C19H21ClN4O2. The molecular weight excluding hydrogens is 352 g/mol. The van der Waals surface area contributed by atoms with Crippen molar-refractivity contribution in [2.24, 2.45) is 0 Å². The van der Waals surface area contributed by atoms with Crippen molar-refractivity contribution < 1.29 is 9.90 Å². The number of carboxylic acids is 1. The number of carboxylic acid groups (broad SMARTS) is 1. The van der Waals surface area contributed by atoms with Crippen LogP contribution in [0.1, 0.15) is 24.0 Å². The Morgan fingerprint density at radius 1 is 1.38 bits per heavy atom. The summed E-state index contributed by atoms with van der Waals surface area (Å²) in [5, 5.41) is 24.0. The number of pyridine rings is 1. The first-order chi connectivity index (χ1) is 12.5. The molecule has 7 heteroatoms. The molecule has 0 spiro atoms. The SMILES string of the molecule is Cc1cc(N/C(=C\C(=N)c2cccnc2)NCCCC(=O)O)ccc1Cl. The quantitative estimate of drug-likeness (QED) is 0.396. The van der Waals surface area contributed by atoms with E-state index in [1.807, 2.05) is 19.1 Å². The molecule has 1 aromatic heterocycles. The van der Waals surface area contributed by atoms with Gasteiger partial charge in [0.25, 0.3) is 0 Å². The number of hydrogen-bond donors (Lipinski definition) is 4. The number of aliphatic carboxylic acids is 1. The fourth-order valence-corrected chi connectivity index (χ4v) is 2.34. The van der Waals surface area contributed by atoms with Gasteiger partial charge in [0.1, 0.15) is 5.82 Å². The normalized spacial score (nSPS) is 11.1. The van der Waals surface area contributed by atoms with Gasteiger partial charge in [-0.05, 0) is 49.2 Å². The van der Waals surface area contributed by atoms with Gasteiger partial charge in [-0.3, -0.25) is 9.78 Å². The second-order valence-electron chi connectivity index (χ2n) is 5.73. The van der Waals surface area contributed by atoms with Crippen LogP contribution in [0.3, 0.4) is 0 Å². The molecule has 0 amide bonds. The zero-order valence-corrected chi connectivity index (χ0v) is 15.2. The predicted molar refractivity (Wildman–Crippen MR) is 104 cm³/mol. The number of hydrogen-bond acceptors (Lipinski definition) is 5. The maximum Gasteiger partial charge on any atom is 0.303 e. The van der Waals surface area contributed by atoms with Gasteiger partial charge < -0.3 is 21.1 Å². The van der Waals surface area contributed by atoms with Crippen molar-refractivity contribution in [1.82, 2.24) is 10.3 Å². The van der Waals surface area contributed by atoms with E-state index in [0.29, 0.717) is 29.4 Å². The average molecular weight is 373 g/mol. The number of carbonyl (C=O) groups is 1. The molecule has 0 atom stereocenters. The van der Waals surface area contributed by atoms with Crippen molar-refractivity contribution in [2.75, 3.05) is 11.9 Å². The zero-order valence-electron chi connectivity index (χ0n) is 14.4. The Morgan fingerprint density at radius 3 is 2.85 bits per heavy atom. The molecule has 0 saturated heterocycles. The lowest BCUT2D eigenvalue weighted by Gasteiger charge is -2.15. The van der Waals surface area contributed by atoms with Gasteiger partial charge in [-0.2, -0.15) is 0 Å². The Balaban J connectivity index is 2.14. The van der Waals surface area contributed by atoms with Crippen LogP contribution in [0, 0.1) is 12.3 Å². The molecule has 1 aromatic carbocycles. The lowest BCUT2D eigenvalue weighted by atomic mass is 10.1. The lowest BCUT2D eigenvalue weighted by molar-refractivity contribution is -0.137.